The van der Waals surface area contributed by atoms with Crippen molar-refractivity contribution in [3.05, 3.63) is 77.4 Å². The zero-order valence-electron chi connectivity index (χ0n) is 17.1. The number of hydrogen-bond acceptors (Lipinski definition) is 4. The molecule has 1 unspecified atom stereocenters. The molecule has 0 spiro atoms. The van der Waals surface area contributed by atoms with E-state index in [1.54, 1.807) is 13.3 Å². The number of methoxy groups -OCH3 is 1. The molecule has 0 saturated carbocycles. The lowest BCUT2D eigenvalue weighted by Crippen LogP contribution is -2.42. The zero-order valence-corrected chi connectivity index (χ0v) is 17.1. The SMILES string of the molecule is COc1ccc2c(c1)CN(C(=O)c1ccc(NCc3nccn3C)cc1)C(C)C2. The van der Waals surface area contributed by atoms with Gasteiger partial charge in [0.2, 0.25) is 0 Å². The van der Waals surface area contributed by atoms with Crippen LogP contribution in [0.4, 0.5) is 5.69 Å². The molecular formula is C23H26N4O2. The minimum absolute atomic E-state index is 0.0571. The van der Waals surface area contributed by atoms with Crippen LogP contribution in [0.5, 0.6) is 5.75 Å². The summed E-state index contributed by atoms with van der Waals surface area (Å²) < 4.78 is 7.32. The van der Waals surface area contributed by atoms with Crippen LogP contribution < -0.4 is 10.1 Å². The van der Waals surface area contributed by atoms with Gasteiger partial charge in [0.15, 0.2) is 0 Å². The van der Waals surface area contributed by atoms with E-state index < -0.39 is 0 Å². The second kappa shape index (κ2) is 7.99. The van der Waals surface area contributed by atoms with Crippen LogP contribution in [-0.4, -0.2) is 33.5 Å². The molecule has 1 N–H and O–H groups in total. The lowest BCUT2D eigenvalue weighted by molar-refractivity contribution is 0.0658. The summed E-state index contributed by atoms with van der Waals surface area (Å²) >= 11 is 0. The van der Waals surface area contributed by atoms with E-state index in [0.29, 0.717) is 18.7 Å². The highest BCUT2D eigenvalue weighted by atomic mass is 16.5. The number of aromatic nitrogens is 2. The number of rotatable bonds is 5. The summed E-state index contributed by atoms with van der Waals surface area (Å²) in [7, 11) is 3.64. The van der Waals surface area contributed by atoms with E-state index in [2.05, 4.69) is 23.3 Å². The molecule has 1 aliphatic heterocycles. The van der Waals surface area contributed by atoms with Crippen LogP contribution in [0.3, 0.4) is 0 Å². The van der Waals surface area contributed by atoms with Gasteiger partial charge in [-0.3, -0.25) is 4.79 Å². The molecular weight excluding hydrogens is 364 g/mol. The molecule has 0 fully saturated rings. The third kappa shape index (κ3) is 3.97. The summed E-state index contributed by atoms with van der Waals surface area (Å²) in [5, 5.41) is 3.35. The molecule has 1 atom stereocenters. The van der Waals surface area contributed by atoms with Gasteiger partial charge in [-0.1, -0.05) is 6.07 Å². The number of anilines is 1. The van der Waals surface area contributed by atoms with Gasteiger partial charge < -0.3 is 19.5 Å². The van der Waals surface area contributed by atoms with E-state index in [4.69, 9.17) is 4.74 Å². The highest BCUT2D eigenvalue weighted by Crippen LogP contribution is 2.28. The van der Waals surface area contributed by atoms with E-state index in [0.717, 1.165) is 29.2 Å². The van der Waals surface area contributed by atoms with Crippen molar-refractivity contribution in [3.8, 4) is 5.75 Å². The lowest BCUT2D eigenvalue weighted by atomic mass is 9.94. The molecule has 0 bridgehead atoms. The normalized spacial score (nSPS) is 15.7. The smallest absolute Gasteiger partial charge is 0.254 e. The maximum atomic E-state index is 13.1. The van der Waals surface area contributed by atoms with Gasteiger partial charge in [0.05, 0.1) is 13.7 Å². The van der Waals surface area contributed by atoms with Crippen LogP contribution in [0.25, 0.3) is 0 Å². The fourth-order valence-electron chi connectivity index (χ4n) is 3.76. The zero-order chi connectivity index (χ0) is 20.4. The number of nitrogens with zero attached hydrogens (tertiary/aromatic N) is 3. The maximum absolute atomic E-state index is 13.1. The Balaban J connectivity index is 1.45. The van der Waals surface area contributed by atoms with Crippen molar-refractivity contribution in [2.24, 2.45) is 7.05 Å². The van der Waals surface area contributed by atoms with Gasteiger partial charge in [-0.05, 0) is 60.9 Å². The van der Waals surface area contributed by atoms with Gasteiger partial charge in [0.25, 0.3) is 5.91 Å². The summed E-state index contributed by atoms with van der Waals surface area (Å²) in [6.45, 7) is 3.35. The number of ether oxygens (including phenoxy) is 1. The van der Waals surface area contributed by atoms with E-state index in [1.807, 2.05) is 59.1 Å². The first-order valence-electron chi connectivity index (χ1n) is 9.82. The third-order valence-electron chi connectivity index (χ3n) is 5.57. The molecule has 1 amide bonds. The molecule has 1 aliphatic rings. The number of hydrogen-bond donors (Lipinski definition) is 1. The lowest BCUT2D eigenvalue weighted by Gasteiger charge is -2.35. The number of carbonyl (C=O) groups is 1. The summed E-state index contributed by atoms with van der Waals surface area (Å²) in [4.78, 5) is 19.4. The molecule has 3 aromatic rings. The molecule has 4 rings (SSSR count). The van der Waals surface area contributed by atoms with Crippen molar-refractivity contribution in [2.75, 3.05) is 12.4 Å². The van der Waals surface area contributed by atoms with Crippen LogP contribution >= 0.6 is 0 Å². The Morgan fingerprint density at radius 3 is 2.69 bits per heavy atom. The van der Waals surface area contributed by atoms with Crippen molar-refractivity contribution in [1.82, 2.24) is 14.5 Å². The molecule has 0 radical (unpaired) electrons. The van der Waals surface area contributed by atoms with Gasteiger partial charge in [0.1, 0.15) is 11.6 Å². The number of nitrogens with one attached hydrogen (secondary N) is 1. The Morgan fingerprint density at radius 2 is 2.00 bits per heavy atom. The van der Waals surface area contributed by atoms with Crippen LogP contribution in [-0.2, 0) is 26.6 Å². The van der Waals surface area contributed by atoms with Crippen LogP contribution in [0, 0.1) is 0 Å². The summed E-state index contributed by atoms with van der Waals surface area (Å²) in [5.74, 6) is 1.84. The average molecular weight is 390 g/mol. The highest BCUT2D eigenvalue weighted by Gasteiger charge is 2.27. The molecule has 0 saturated heterocycles. The summed E-state index contributed by atoms with van der Waals surface area (Å²) in [6.07, 6.45) is 4.56. The number of carbonyl (C=O) groups excluding carboxylic acids is 1. The van der Waals surface area contributed by atoms with Crippen molar-refractivity contribution < 1.29 is 9.53 Å². The summed E-state index contributed by atoms with van der Waals surface area (Å²) in [6, 6.07) is 13.9. The first-order chi connectivity index (χ1) is 14.0. The average Bonchev–Trinajstić information content (AvgIpc) is 3.16. The Morgan fingerprint density at radius 1 is 1.21 bits per heavy atom. The van der Waals surface area contributed by atoms with Gasteiger partial charge in [0, 0.05) is 43.3 Å². The van der Waals surface area contributed by atoms with Crippen molar-refractivity contribution in [2.45, 2.75) is 32.5 Å². The van der Waals surface area contributed by atoms with E-state index in [1.165, 1.54) is 5.56 Å². The van der Waals surface area contributed by atoms with E-state index in [-0.39, 0.29) is 11.9 Å². The standard InChI is InChI=1S/C23H26N4O2/c1-16-12-18-6-9-21(29-3)13-19(18)15-27(16)23(28)17-4-7-20(8-5-17)25-14-22-24-10-11-26(22)2/h4-11,13,16,25H,12,14-15H2,1-3H3. The predicted octanol–water partition coefficient (Wildman–Crippen LogP) is 3.63. The van der Waals surface area contributed by atoms with Crippen molar-refractivity contribution in [3.63, 3.8) is 0 Å². The number of aryl methyl sites for hydroxylation is 1. The number of fused-ring (bicyclic) bond motifs is 1. The fourth-order valence-corrected chi connectivity index (χ4v) is 3.76. The Labute approximate surface area is 171 Å². The maximum Gasteiger partial charge on any atom is 0.254 e. The molecule has 1 aromatic heterocycles. The Bertz CT molecular complexity index is 1010. The Kier molecular flexibility index (Phi) is 5.25. The molecule has 6 nitrogen and oxygen atoms in total. The van der Waals surface area contributed by atoms with Crippen LogP contribution in [0.2, 0.25) is 0 Å². The van der Waals surface area contributed by atoms with Crippen molar-refractivity contribution in [1.29, 1.82) is 0 Å². The van der Waals surface area contributed by atoms with Gasteiger partial charge >= 0.3 is 0 Å². The van der Waals surface area contributed by atoms with Gasteiger partial charge in [-0.25, -0.2) is 4.98 Å². The fraction of sp³-hybridized carbons (Fsp3) is 0.304. The van der Waals surface area contributed by atoms with Crippen molar-refractivity contribution >= 4 is 11.6 Å². The second-order valence-corrected chi connectivity index (χ2v) is 7.51. The first kappa shape index (κ1) is 19.1. The van der Waals surface area contributed by atoms with Crippen LogP contribution in [0.1, 0.15) is 34.2 Å². The highest BCUT2D eigenvalue weighted by molar-refractivity contribution is 5.95. The third-order valence-corrected chi connectivity index (χ3v) is 5.57. The van der Waals surface area contributed by atoms with E-state index >= 15 is 0 Å². The number of amides is 1. The molecule has 150 valence electrons. The first-order valence-corrected chi connectivity index (χ1v) is 9.82. The number of imidazole rings is 1. The van der Waals surface area contributed by atoms with Crippen LogP contribution in [0.15, 0.2) is 54.9 Å². The molecule has 2 heterocycles. The molecule has 29 heavy (non-hydrogen) atoms. The largest absolute Gasteiger partial charge is 0.497 e. The second-order valence-electron chi connectivity index (χ2n) is 7.51. The molecule has 0 aliphatic carbocycles. The topological polar surface area (TPSA) is 59.4 Å². The predicted molar refractivity (Wildman–Crippen MR) is 113 cm³/mol. The number of benzene rings is 2. The Hall–Kier alpha value is -3.28. The monoisotopic (exact) mass is 390 g/mol. The van der Waals surface area contributed by atoms with Gasteiger partial charge in [-0.2, -0.15) is 0 Å². The quantitative estimate of drug-likeness (QED) is 0.723. The molecule has 6 heteroatoms. The summed E-state index contributed by atoms with van der Waals surface area (Å²) in [5.41, 5.74) is 4.11. The minimum Gasteiger partial charge on any atom is -0.497 e. The molecule has 2 aromatic carbocycles. The minimum atomic E-state index is 0.0571. The van der Waals surface area contributed by atoms with E-state index in [9.17, 15) is 4.79 Å². The van der Waals surface area contributed by atoms with Gasteiger partial charge in [-0.15, -0.1) is 0 Å².